The standard InChI is InChI=1S/C19H32N4O5/c1-11(2)10-14(22-16(24)13-6-4-8-20-13)18(26)23-9-5-7-15(23)17(25)21-12(3)19(27)28/h11-15,20H,4-10H2,1-3H3,(H,21,25)(H,22,24)(H,27,28). The quantitative estimate of drug-likeness (QED) is 0.452. The molecule has 2 aliphatic rings. The van der Waals surface area contributed by atoms with E-state index < -0.39 is 30.0 Å². The van der Waals surface area contributed by atoms with E-state index in [1.165, 1.54) is 11.8 Å². The predicted octanol–water partition coefficient (Wildman–Crippen LogP) is -0.150. The normalized spacial score (nSPS) is 24.1. The molecule has 158 valence electrons. The van der Waals surface area contributed by atoms with Crippen LogP contribution in [0.1, 0.15) is 52.9 Å². The largest absolute Gasteiger partial charge is 0.480 e. The molecule has 0 aromatic carbocycles. The molecule has 28 heavy (non-hydrogen) atoms. The minimum Gasteiger partial charge on any atom is -0.480 e. The molecular weight excluding hydrogens is 364 g/mol. The Bertz CT molecular complexity index is 603. The van der Waals surface area contributed by atoms with E-state index in [2.05, 4.69) is 16.0 Å². The van der Waals surface area contributed by atoms with Gasteiger partial charge in [0.25, 0.3) is 0 Å². The summed E-state index contributed by atoms with van der Waals surface area (Å²) in [5, 5.41) is 17.4. The Kier molecular flexibility index (Phi) is 7.79. The number of aliphatic carboxylic acids is 1. The molecule has 9 nitrogen and oxygen atoms in total. The van der Waals surface area contributed by atoms with Crippen molar-refractivity contribution in [3.05, 3.63) is 0 Å². The van der Waals surface area contributed by atoms with Crippen molar-refractivity contribution < 1.29 is 24.3 Å². The van der Waals surface area contributed by atoms with Crippen molar-refractivity contribution >= 4 is 23.7 Å². The zero-order valence-electron chi connectivity index (χ0n) is 16.9. The van der Waals surface area contributed by atoms with Gasteiger partial charge in [-0.3, -0.25) is 19.2 Å². The van der Waals surface area contributed by atoms with Crippen LogP contribution >= 0.6 is 0 Å². The van der Waals surface area contributed by atoms with Crippen LogP contribution in [0.25, 0.3) is 0 Å². The molecular formula is C19H32N4O5. The van der Waals surface area contributed by atoms with E-state index in [-0.39, 0.29) is 23.8 Å². The number of hydrogen-bond acceptors (Lipinski definition) is 5. The lowest BCUT2D eigenvalue weighted by molar-refractivity contribution is -0.144. The van der Waals surface area contributed by atoms with Gasteiger partial charge < -0.3 is 26.0 Å². The number of carboxylic acid groups (broad SMARTS) is 1. The smallest absolute Gasteiger partial charge is 0.325 e. The lowest BCUT2D eigenvalue weighted by Crippen LogP contribution is -2.56. The Morgan fingerprint density at radius 3 is 2.36 bits per heavy atom. The van der Waals surface area contributed by atoms with Crippen molar-refractivity contribution in [1.82, 2.24) is 20.9 Å². The number of rotatable bonds is 8. The van der Waals surface area contributed by atoms with Gasteiger partial charge >= 0.3 is 5.97 Å². The molecule has 2 fully saturated rings. The molecule has 4 N–H and O–H groups in total. The number of amides is 3. The van der Waals surface area contributed by atoms with Crippen LogP contribution in [0.15, 0.2) is 0 Å². The SMILES string of the molecule is CC(C)CC(NC(=O)C1CCCN1)C(=O)N1CCCC1C(=O)NC(C)C(=O)O. The van der Waals surface area contributed by atoms with Crippen molar-refractivity contribution in [3.63, 3.8) is 0 Å². The molecule has 2 saturated heterocycles. The van der Waals surface area contributed by atoms with Gasteiger partial charge in [0.2, 0.25) is 17.7 Å². The number of hydrogen-bond donors (Lipinski definition) is 4. The highest BCUT2D eigenvalue weighted by Gasteiger charge is 2.39. The highest BCUT2D eigenvalue weighted by molar-refractivity contribution is 5.94. The Labute approximate surface area is 165 Å². The maximum Gasteiger partial charge on any atom is 0.325 e. The number of nitrogens with one attached hydrogen (secondary N) is 3. The van der Waals surface area contributed by atoms with Gasteiger partial charge in [-0.2, -0.15) is 0 Å². The number of carbonyl (C=O) groups excluding carboxylic acids is 3. The van der Waals surface area contributed by atoms with Crippen LogP contribution in [0, 0.1) is 5.92 Å². The summed E-state index contributed by atoms with van der Waals surface area (Å²) >= 11 is 0. The maximum absolute atomic E-state index is 13.2. The summed E-state index contributed by atoms with van der Waals surface area (Å²) in [7, 11) is 0. The first-order chi connectivity index (χ1) is 13.2. The highest BCUT2D eigenvalue weighted by atomic mass is 16.4. The Hall–Kier alpha value is -2.16. The number of carbonyl (C=O) groups is 4. The lowest BCUT2D eigenvalue weighted by Gasteiger charge is -2.30. The molecule has 4 unspecified atom stereocenters. The second-order valence-electron chi connectivity index (χ2n) is 8.10. The van der Waals surface area contributed by atoms with E-state index in [9.17, 15) is 19.2 Å². The molecule has 0 bridgehead atoms. The Balaban J connectivity index is 2.07. The van der Waals surface area contributed by atoms with E-state index in [1.54, 1.807) is 0 Å². The van der Waals surface area contributed by atoms with Crippen molar-refractivity contribution in [3.8, 4) is 0 Å². The first kappa shape index (κ1) is 22.1. The van der Waals surface area contributed by atoms with Gasteiger partial charge in [-0.05, 0) is 51.5 Å². The number of likely N-dealkylation sites (tertiary alicyclic amines) is 1. The third-order valence-electron chi connectivity index (χ3n) is 5.27. The monoisotopic (exact) mass is 396 g/mol. The maximum atomic E-state index is 13.2. The zero-order valence-corrected chi connectivity index (χ0v) is 16.9. The highest BCUT2D eigenvalue weighted by Crippen LogP contribution is 2.21. The minimum absolute atomic E-state index is 0.184. The fourth-order valence-corrected chi connectivity index (χ4v) is 3.75. The van der Waals surface area contributed by atoms with Gasteiger partial charge in [0.05, 0.1) is 6.04 Å². The predicted molar refractivity (Wildman–Crippen MR) is 102 cm³/mol. The summed E-state index contributed by atoms with van der Waals surface area (Å²) in [6.07, 6.45) is 3.30. The van der Waals surface area contributed by atoms with Gasteiger partial charge in [0.1, 0.15) is 18.1 Å². The topological polar surface area (TPSA) is 128 Å². The van der Waals surface area contributed by atoms with E-state index in [1.807, 2.05) is 13.8 Å². The van der Waals surface area contributed by atoms with Crippen LogP contribution in [-0.2, 0) is 19.2 Å². The van der Waals surface area contributed by atoms with E-state index >= 15 is 0 Å². The molecule has 0 aromatic rings. The van der Waals surface area contributed by atoms with E-state index in [0.717, 1.165) is 19.4 Å². The average molecular weight is 396 g/mol. The molecule has 2 aliphatic heterocycles. The molecule has 3 amide bonds. The first-order valence-electron chi connectivity index (χ1n) is 10.1. The lowest BCUT2D eigenvalue weighted by atomic mass is 10.0. The van der Waals surface area contributed by atoms with Gasteiger partial charge in [-0.25, -0.2) is 0 Å². The van der Waals surface area contributed by atoms with E-state index in [0.29, 0.717) is 25.8 Å². The summed E-state index contributed by atoms with van der Waals surface area (Å²) in [4.78, 5) is 50.6. The molecule has 0 spiro atoms. The molecule has 2 heterocycles. The molecule has 0 aromatic heterocycles. The van der Waals surface area contributed by atoms with Crippen molar-refractivity contribution in [1.29, 1.82) is 0 Å². The van der Waals surface area contributed by atoms with Crippen LogP contribution < -0.4 is 16.0 Å². The minimum atomic E-state index is -1.13. The second kappa shape index (κ2) is 9.86. The van der Waals surface area contributed by atoms with Crippen LogP contribution in [0.5, 0.6) is 0 Å². The van der Waals surface area contributed by atoms with Crippen molar-refractivity contribution in [2.45, 2.75) is 77.0 Å². The fourth-order valence-electron chi connectivity index (χ4n) is 3.75. The second-order valence-corrected chi connectivity index (χ2v) is 8.10. The third-order valence-corrected chi connectivity index (χ3v) is 5.27. The van der Waals surface area contributed by atoms with Gasteiger partial charge in [0, 0.05) is 6.54 Å². The molecule has 0 radical (unpaired) electrons. The molecule has 0 saturated carbocycles. The summed E-state index contributed by atoms with van der Waals surface area (Å²) in [5.74, 6) is -1.87. The molecule has 0 aliphatic carbocycles. The zero-order chi connectivity index (χ0) is 20.8. The van der Waals surface area contributed by atoms with Gasteiger partial charge in [0.15, 0.2) is 0 Å². The summed E-state index contributed by atoms with van der Waals surface area (Å²) in [6, 6.07) is -2.70. The first-order valence-corrected chi connectivity index (χ1v) is 10.1. The Morgan fingerprint density at radius 1 is 1.07 bits per heavy atom. The van der Waals surface area contributed by atoms with Crippen LogP contribution in [0.4, 0.5) is 0 Å². The van der Waals surface area contributed by atoms with Crippen molar-refractivity contribution in [2.75, 3.05) is 13.1 Å². The van der Waals surface area contributed by atoms with Crippen LogP contribution in [0.3, 0.4) is 0 Å². The van der Waals surface area contributed by atoms with Gasteiger partial charge in [-0.1, -0.05) is 13.8 Å². The molecule has 4 atom stereocenters. The summed E-state index contributed by atoms with van der Waals surface area (Å²) in [6.45, 7) is 6.55. The van der Waals surface area contributed by atoms with Crippen LogP contribution in [0.2, 0.25) is 0 Å². The summed E-state index contributed by atoms with van der Waals surface area (Å²) in [5.41, 5.74) is 0. The van der Waals surface area contributed by atoms with E-state index in [4.69, 9.17) is 5.11 Å². The van der Waals surface area contributed by atoms with Crippen LogP contribution in [-0.4, -0.2) is 71.0 Å². The molecule has 2 rings (SSSR count). The summed E-state index contributed by atoms with van der Waals surface area (Å²) < 4.78 is 0. The number of carboxylic acids is 1. The average Bonchev–Trinajstić information content (AvgIpc) is 3.31. The fraction of sp³-hybridized carbons (Fsp3) is 0.789. The van der Waals surface area contributed by atoms with Gasteiger partial charge in [-0.15, -0.1) is 0 Å². The van der Waals surface area contributed by atoms with Crippen molar-refractivity contribution in [2.24, 2.45) is 5.92 Å². The molecule has 9 heteroatoms. The Morgan fingerprint density at radius 2 is 1.79 bits per heavy atom. The third kappa shape index (κ3) is 5.67. The number of nitrogens with zero attached hydrogens (tertiary/aromatic N) is 1.